The molecule has 2 nitrogen and oxygen atoms in total. The summed E-state index contributed by atoms with van der Waals surface area (Å²) in [5.41, 5.74) is -0.0479. The van der Waals surface area contributed by atoms with Gasteiger partial charge in [0.2, 0.25) is 0 Å². The lowest BCUT2D eigenvalue weighted by atomic mass is 9.85. The number of hydrogen-bond donors (Lipinski definition) is 0. The Kier molecular flexibility index (Phi) is 3.71. The fourth-order valence-corrected chi connectivity index (χ4v) is 2.09. The van der Waals surface area contributed by atoms with Gasteiger partial charge in [-0.15, -0.1) is 0 Å². The first kappa shape index (κ1) is 11.7. The molecule has 1 fully saturated rings. The molecule has 1 aliphatic carbocycles. The van der Waals surface area contributed by atoms with Gasteiger partial charge in [-0.3, -0.25) is 4.79 Å². The minimum Gasteiger partial charge on any atom is -0.373 e. The summed E-state index contributed by atoms with van der Waals surface area (Å²) in [5.74, 6) is 0.647. The lowest BCUT2D eigenvalue weighted by molar-refractivity contribution is -0.124. The van der Waals surface area contributed by atoms with E-state index in [2.05, 4.69) is 20.8 Å². The molecule has 0 spiro atoms. The Balaban J connectivity index is 2.33. The molecule has 1 aliphatic rings. The number of ether oxygens (including phenoxy) is 1. The van der Waals surface area contributed by atoms with E-state index >= 15 is 0 Å². The van der Waals surface area contributed by atoms with Crippen LogP contribution in [0.5, 0.6) is 0 Å². The van der Waals surface area contributed by atoms with Gasteiger partial charge in [0, 0.05) is 5.92 Å². The summed E-state index contributed by atoms with van der Waals surface area (Å²) in [6.45, 7) is 7.97. The third-order valence-corrected chi connectivity index (χ3v) is 2.77. The Morgan fingerprint density at radius 2 is 1.64 bits per heavy atom. The van der Waals surface area contributed by atoms with E-state index in [0.717, 1.165) is 25.7 Å². The van der Waals surface area contributed by atoms with Crippen molar-refractivity contribution in [1.29, 1.82) is 0 Å². The van der Waals surface area contributed by atoms with Crippen LogP contribution in [0.15, 0.2) is 0 Å². The number of rotatable bonds is 2. The molecule has 0 atom stereocenters. The molecule has 14 heavy (non-hydrogen) atoms. The Hall–Kier alpha value is -0.370. The van der Waals surface area contributed by atoms with E-state index < -0.39 is 0 Å². The van der Waals surface area contributed by atoms with Crippen LogP contribution in [0.25, 0.3) is 0 Å². The average molecular weight is 198 g/mol. The smallest absolute Gasteiger partial charge is 0.132 e. The molecule has 0 aromatic rings. The number of carbonyl (C=O) groups excluding carboxylic acids is 1. The van der Waals surface area contributed by atoms with Crippen LogP contribution in [-0.4, -0.2) is 17.5 Å². The number of Topliss-reactive ketones (excluding diaryl/α,β-unsaturated/α-hetero) is 1. The summed E-state index contributed by atoms with van der Waals surface area (Å²) in [5, 5.41) is 0. The molecule has 0 saturated heterocycles. The first-order valence-electron chi connectivity index (χ1n) is 5.57. The Morgan fingerprint density at radius 1 is 1.14 bits per heavy atom. The fraction of sp³-hybridized carbons (Fsp3) is 0.917. The van der Waals surface area contributed by atoms with Crippen molar-refractivity contribution in [3.63, 3.8) is 0 Å². The van der Waals surface area contributed by atoms with Crippen LogP contribution >= 0.6 is 0 Å². The van der Waals surface area contributed by atoms with Crippen molar-refractivity contribution < 1.29 is 9.53 Å². The van der Waals surface area contributed by atoms with Crippen LogP contribution in [-0.2, 0) is 9.53 Å². The van der Waals surface area contributed by atoms with E-state index in [-0.39, 0.29) is 5.60 Å². The summed E-state index contributed by atoms with van der Waals surface area (Å²) < 4.78 is 5.90. The molecule has 0 bridgehead atoms. The van der Waals surface area contributed by atoms with E-state index in [1.165, 1.54) is 0 Å². The van der Waals surface area contributed by atoms with E-state index in [1.54, 1.807) is 6.92 Å². The second kappa shape index (κ2) is 4.43. The van der Waals surface area contributed by atoms with Crippen molar-refractivity contribution in [2.45, 2.75) is 65.1 Å². The van der Waals surface area contributed by atoms with Crippen LogP contribution in [0.1, 0.15) is 53.4 Å². The van der Waals surface area contributed by atoms with Crippen molar-refractivity contribution in [3.05, 3.63) is 0 Å². The highest BCUT2D eigenvalue weighted by atomic mass is 16.5. The van der Waals surface area contributed by atoms with Crippen LogP contribution in [0.2, 0.25) is 0 Å². The maximum Gasteiger partial charge on any atom is 0.132 e. The van der Waals surface area contributed by atoms with E-state index in [9.17, 15) is 4.79 Å². The molecule has 2 heteroatoms. The number of ketones is 1. The molecule has 1 saturated carbocycles. The quantitative estimate of drug-likeness (QED) is 0.682. The summed E-state index contributed by atoms with van der Waals surface area (Å²) in [6, 6.07) is 0. The van der Waals surface area contributed by atoms with Crippen molar-refractivity contribution in [2.75, 3.05) is 0 Å². The third-order valence-electron chi connectivity index (χ3n) is 2.77. The van der Waals surface area contributed by atoms with Gasteiger partial charge in [-0.25, -0.2) is 0 Å². The highest BCUT2D eigenvalue weighted by molar-refractivity contribution is 5.78. The molecule has 82 valence electrons. The van der Waals surface area contributed by atoms with Gasteiger partial charge in [-0.05, 0) is 53.4 Å². The van der Waals surface area contributed by atoms with Gasteiger partial charge in [-0.1, -0.05) is 0 Å². The molecule has 0 radical (unpaired) electrons. The average Bonchev–Trinajstić information content (AvgIpc) is 2.02. The molecule has 0 heterocycles. The van der Waals surface area contributed by atoms with E-state index in [0.29, 0.717) is 17.8 Å². The maximum atomic E-state index is 11.1. The van der Waals surface area contributed by atoms with Crippen molar-refractivity contribution in [3.8, 4) is 0 Å². The molecular weight excluding hydrogens is 176 g/mol. The van der Waals surface area contributed by atoms with Gasteiger partial charge >= 0.3 is 0 Å². The minimum absolute atomic E-state index is 0.0479. The van der Waals surface area contributed by atoms with Crippen LogP contribution in [0.4, 0.5) is 0 Å². The molecule has 0 aromatic heterocycles. The number of carbonyl (C=O) groups is 1. The zero-order chi connectivity index (χ0) is 10.8. The summed E-state index contributed by atoms with van der Waals surface area (Å²) in [7, 11) is 0. The first-order valence-corrected chi connectivity index (χ1v) is 5.57. The van der Waals surface area contributed by atoms with Crippen molar-refractivity contribution in [2.24, 2.45) is 5.92 Å². The molecule has 0 aliphatic heterocycles. The monoisotopic (exact) mass is 198 g/mol. The fourth-order valence-electron chi connectivity index (χ4n) is 2.09. The van der Waals surface area contributed by atoms with Crippen LogP contribution < -0.4 is 0 Å². The summed E-state index contributed by atoms with van der Waals surface area (Å²) in [4.78, 5) is 11.1. The van der Waals surface area contributed by atoms with Crippen molar-refractivity contribution >= 4 is 5.78 Å². The predicted molar refractivity (Wildman–Crippen MR) is 57.3 cm³/mol. The summed E-state index contributed by atoms with van der Waals surface area (Å²) >= 11 is 0. The SMILES string of the molecule is CC(=O)C1CCC(OC(C)(C)C)CC1. The number of hydrogen-bond acceptors (Lipinski definition) is 2. The van der Waals surface area contributed by atoms with Gasteiger partial charge in [0.05, 0.1) is 11.7 Å². The normalized spacial score (nSPS) is 28.9. The topological polar surface area (TPSA) is 26.3 Å². The highest BCUT2D eigenvalue weighted by Crippen LogP contribution is 2.29. The standard InChI is InChI=1S/C12H22O2/c1-9(13)10-5-7-11(8-6-10)14-12(2,3)4/h10-11H,5-8H2,1-4H3. The Bertz CT molecular complexity index is 195. The zero-order valence-corrected chi connectivity index (χ0v) is 9.80. The predicted octanol–water partition coefficient (Wildman–Crippen LogP) is 2.95. The second-order valence-electron chi connectivity index (χ2n) is 5.31. The van der Waals surface area contributed by atoms with Gasteiger partial charge in [0.1, 0.15) is 5.78 Å². The lowest BCUT2D eigenvalue weighted by Crippen LogP contribution is -2.31. The Morgan fingerprint density at radius 3 is 2.00 bits per heavy atom. The minimum atomic E-state index is -0.0479. The largest absolute Gasteiger partial charge is 0.373 e. The zero-order valence-electron chi connectivity index (χ0n) is 9.80. The first-order chi connectivity index (χ1) is 6.38. The van der Waals surface area contributed by atoms with E-state index in [1.807, 2.05) is 0 Å². The van der Waals surface area contributed by atoms with Crippen LogP contribution in [0.3, 0.4) is 0 Å². The van der Waals surface area contributed by atoms with E-state index in [4.69, 9.17) is 4.74 Å². The molecule has 0 amide bonds. The lowest BCUT2D eigenvalue weighted by Gasteiger charge is -2.32. The summed E-state index contributed by atoms with van der Waals surface area (Å²) in [6.07, 6.45) is 4.47. The van der Waals surface area contributed by atoms with Gasteiger partial charge in [-0.2, -0.15) is 0 Å². The molecule has 0 unspecified atom stereocenters. The van der Waals surface area contributed by atoms with Crippen molar-refractivity contribution in [1.82, 2.24) is 0 Å². The van der Waals surface area contributed by atoms with Gasteiger partial charge in [0.25, 0.3) is 0 Å². The van der Waals surface area contributed by atoms with Crippen LogP contribution in [0, 0.1) is 5.92 Å². The Labute approximate surface area is 87.0 Å². The second-order valence-corrected chi connectivity index (χ2v) is 5.31. The highest BCUT2D eigenvalue weighted by Gasteiger charge is 2.27. The maximum absolute atomic E-state index is 11.1. The van der Waals surface area contributed by atoms with Gasteiger partial charge in [0.15, 0.2) is 0 Å². The third kappa shape index (κ3) is 3.79. The van der Waals surface area contributed by atoms with Gasteiger partial charge < -0.3 is 4.74 Å². The molecule has 1 rings (SSSR count). The molecular formula is C12H22O2. The molecule has 0 N–H and O–H groups in total. The molecule has 0 aromatic carbocycles.